The van der Waals surface area contributed by atoms with E-state index in [1.165, 1.54) is 32.9 Å². The van der Waals surface area contributed by atoms with Crippen LogP contribution in [0.5, 0.6) is 0 Å². The number of para-hydroxylation sites is 2. The zero-order chi connectivity index (χ0) is 44.5. The van der Waals surface area contributed by atoms with Gasteiger partial charge >= 0.3 is 0 Å². The molecule has 11 aromatic rings. The number of hydrogen-bond donors (Lipinski definition) is 0. The SMILES string of the molecule is CC(C)(C)c1ccc2c(c1)c1cc(C(C)(C)C)ccc1n2-c1ccc(-c2ccc(-c3nc4c(ccc5cccc(-c6ccccn6)c54)o3)cc2N(c2ccccc2)c2ccccc2)cc1. The van der Waals surface area contributed by atoms with E-state index in [2.05, 4.69) is 215 Å². The number of benzene rings is 8. The number of anilines is 3. The number of rotatable bonds is 7. The first kappa shape index (κ1) is 40.0. The maximum absolute atomic E-state index is 6.67. The average molecular weight is 843 g/mol. The summed E-state index contributed by atoms with van der Waals surface area (Å²) in [5.41, 5.74) is 15.9. The zero-order valence-electron chi connectivity index (χ0n) is 37.7. The summed E-state index contributed by atoms with van der Waals surface area (Å²) in [6.07, 6.45) is 1.83. The molecule has 0 spiro atoms. The predicted molar refractivity (Wildman–Crippen MR) is 272 cm³/mol. The number of nitrogens with zero attached hydrogens (tertiary/aromatic N) is 4. The lowest BCUT2D eigenvalue weighted by Gasteiger charge is -2.28. The number of oxazole rings is 1. The van der Waals surface area contributed by atoms with Gasteiger partial charge in [-0.25, -0.2) is 4.98 Å². The normalized spacial score (nSPS) is 12.2. The number of aromatic nitrogens is 3. The zero-order valence-corrected chi connectivity index (χ0v) is 37.7. The van der Waals surface area contributed by atoms with Gasteiger partial charge in [0.1, 0.15) is 5.52 Å². The molecular formula is C60H50N4O. The van der Waals surface area contributed by atoms with Gasteiger partial charge in [0.15, 0.2) is 5.58 Å². The minimum atomic E-state index is 0.0327. The van der Waals surface area contributed by atoms with Crippen LogP contribution < -0.4 is 4.90 Å². The van der Waals surface area contributed by atoms with Gasteiger partial charge in [-0.15, -0.1) is 0 Å². The van der Waals surface area contributed by atoms with E-state index in [1.54, 1.807) is 0 Å². The minimum absolute atomic E-state index is 0.0327. The largest absolute Gasteiger partial charge is 0.436 e. The van der Waals surface area contributed by atoms with E-state index in [0.29, 0.717) is 5.89 Å². The Bertz CT molecular complexity index is 3430. The third-order valence-corrected chi connectivity index (χ3v) is 12.8. The van der Waals surface area contributed by atoms with E-state index < -0.39 is 0 Å². The molecule has 0 bridgehead atoms. The van der Waals surface area contributed by atoms with Crippen molar-refractivity contribution in [2.24, 2.45) is 0 Å². The van der Waals surface area contributed by atoms with E-state index in [0.717, 1.165) is 72.6 Å². The Morgan fingerprint density at radius 1 is 0.508 bits per heavy atom. The quantitative estimate of drug-likeness (QED) is 0.160. The van der Waals surface area contributed by atoms with Crippen molar-refractivity contribution in [3.05, 3.63) is 205 Å². The lowest BCUT2D eigenvalue weighted by Crippen LogP contribution is -2.11. The molecule has 0 atom stereocenters. The molecule has 0 aliphatic heterocycles. The van der Waals surface area contributed by atoms with Gasteiger partial charge in [-0.2, -0.15) is 0 Å². The molecule has 8 aromatic carbocycles. The first-order chi connectivity index (χ1) is 31.5. The van der Waals surface area contributed by atoms with Crippen LogP contribution >= 0.6 is 0 Å². The molecule has 5 nitrogen and oxygen atoms in total. The molecule has 11 rings (SSSR count). The van der Waals surface area contributed by atoms with Crippen molar-refractivity contribution in [1.82, 2.24) is 14.5 Å². The second-order valence-electron chi connectivity index (χ2n) is 19.1. The highest BCUT2D eigenvalue weighted by atomic mass is 16.3. The van der Waals surface area contributed by atoms with Crippen molar-refractivity contribution >= 4 is 60.7 Å². The highest BCUT2D eigenvalue weighted by Crippen LogP contribution is 2.45. The van der Waals surface area contributed by atoms with Gasteiger partial charge in [-0.05, 0) is 124 Å². The third kappa shape index (κ3) is 7.14. The Hall–Kier alpha value is -7.76. The number of fused-ring (bicyclic) bond motifs is 6. The fourth-order valence-corrected chi connectivity index (χ4v) is 9.32. The molecule has 0 aliphatic rings. The fourth-order valence-electron chi connectivity index (χ4n) is 9.32. The molecule has 0 amide bonds. The van der Waals surface area contributed by atoms with Gasteiger partial charge in [-0.3, -0.25) is 4.98 Å². The van der Waals surface area contributed by atoms with Gasteiger partial charge < -0.3 is 13.9 Å². The summed E-state index contributed by atoms with van der Waals surface area (Å²) in [5.74, 6) is 0.558. The highest BCUT2D eigenvalue weighted by Gasteiger charge is 2.24. The van der Waals surface area contributed by atoms with Gasteiger partial charge in [0, 0.05) is 56.1 Å². The van der Waals surface area contributed by atoms with E-state index in [4.69, 9.17) is 14.4 Å². The molecule has 0 fully saturated rings. The smallest absolute Gasteiger partial charge is 0.227 e. The van der Waals surface area contributed by atoms with Crippen molar-refractivity contribution in [3.8, 4) is 39.5 Å². The summed E-state index contributed by atoms with van der Waals surface area (Å²) < 4.78 is 9.10. The fraction of sp³-hybridized carbons (Fsp3) is 0.133. The van der Waals surface area contributed by atoms with Gasteiger partial charge in [0.05, 0.1) is 22.4 Å². The molecular weight excluding hydrogens is 793 g/mol. The molecule has 0 aliphatic carbocycles. The van der Waals surface area contributed by atoms with Crippen molar-refractivity contribution in [2.45, 2.75) is 52.4 Å². The molecule has 0 N–H and O–H groups in total. The predicted octanol–water partition coefficient (Wildman–Crippen LogP) is 16.5. The van der Waals surface area contributed by atoms with Crippen molar-refractivity contribution in [1.29, 1.82) is 0 Å². The second kappa shape index (κ2) is 15.5. The number of hydrogen-bond acceptors (Lipinski definition) is 4. The molecule has 316 valence electrons. The first-order valence-electron chi connectivity index (χ1n) is 22.5. The molecule has 65 heavy (non-hydrogen) atoms. The van der Waals surface area contributed by atoms with Crippen molar-refractivity contribution in [3.63, 3.8) is 0 Å². The summed E-state index contributed by atoms with van der Waals surface area (Å²) in [4.78, 5) is 12.3. The Morgan fingerprint density at radius 3 is 1.72 bits per heavy atom. The maximum atomic E-state index is 6.67. The Morgan fingerprint density at radius 2 is 1.12 bits per heavy atom. The van der Waals surface area contributed by atoms with E-state index in [9.17, 15) is 0 Å². The van der Waals surface area contributed by atoms with Crippen LogP contribution in [0.1, 0.15) is 52.7 Å². The van der Waals surface area contributed by atoms with Gasteiger partial charge in [-0.1, -0.05) is 139 Å². The van der Waals surface area contributed by atoms with Gasteiger partial charge in [0.25, 0.3) is 0 Å². The van der Waals surface area contributed by atoms with E-state index >= 15 is 0 Å². The summed E-state index contributed by atoms with van der Waals surface area (Å²) in [5, 5.41) is 4.67. The molecule has 3 heterocycles. The molecule has 0 radical (unpaired) electrons. The van der Waals surface area contributed by atoms with E-state index in [-0.39, 0.29) is 10.8 Å². The van der Waals surface area contributed by atoms with Crippen molar-refractivity contribution in [2.75, 3.05) is 4.90 Å². The summed E-state index contributed by atoms with van der Waals surface area (Å²) in [7, 11) is 0. The Kier molecular flexibility index (Phi) is 9.55. The third-order valence-electron chi connectivity index (χ3n) is 12.8. The molecule has 0 saturated heterocycles. The number of pyridine rings is 1. The Balaban J connectivity index is 1.08. The topological polar surface area (TPSA) is 47.1 Å². The maximum Gasteiger partial charge on any atom is 0.227 e. The molecule has 5 heteroatoms. The average Bonchev–Trinajstić information content (AvgIpc) is 3.91. The van der Waals surface area contributed by atoms with Crippen LogP contribution in [0.3, 0.4) is 0 Å². The second-order valence-corrected chi connectivity index (χ2v) is 19.1. The van der Waals surface area contributed by atoms with E-state index in [1.807, 2.05) is 30.5 Å². The van der Waals surface area contributed by atoms with Gasteiger partial charge in [0.2, 0.25) is 5.89 Å². The molecule has 3 aromatic heterocycles. The van der Waals surface area contributed by atoms with Crippen molar-refractivity contribution < 1.29 is 4.42 Å². The molecule has 0 saturated carbocycles. The van der Waals surface area contributed by atoms with Crippen LogP contribution in [0.25, 0.3) is 83.2 Å². The van der Waals surface area contributed by atoms with Crippen LogP contribution in [0.15, 0.2) is 199 Å². The first-order valence-corrected chi connectivity index (χ1v) is 22.5. The highest BCUT2D eigenvalue weighted by molar-refractivity contribution is 6.12. The lowest BCUT2D eigenvalue weighted by molar-refractivity contribution is 0.590. The van der Waals surface area contributed by atoms with Crippen LogP contribution in [-0.2, 0) is 10.8 Å². The van der Waals surface area contributed by atoms with Crippen LogP contribution in [0.4, 0.5) is 17.1 Å². The Labute approximate surface area is 380 Å². The summed E-state index contributed by atoms with van der Waals surface area (Å²) >= 11 is 0. The lowest BCUT2D eigenvalue weighted by atomic mass is 9.85. The summed E-state index contributed by atoms with van der Waals surface area (Å²) in [6, 6.07) is 67.3. The standard InChI is InChI=1S/C60H50N4O/c1-59(2,3)42-27-32-52-49(37-42)50-38-43(60(4,5)6)28-33-53(50)64(52)46-29-23-39(24-30-46)47-31-25-41(36-54(47)63(44-17-9-7-10-18-44)45-19-11-8-12-20-45)58-62-57-55(65-58)34-26-40-16-15-21-48(56(40)57)51-22-13-14-35-61-51/h7-38H,1-6H3. The van der Waals surface area contributed by atoms with Crippen LogP contribution in [0.2, 0.25) is 0 Å². The monoisotopic (exact) mass is 842 g/mol. The van der Waals surface area contributed by atoms with Crippen LogP contribution in [-0.4, -0.2) is 14.5 Å². The molecule has 0 unspecified atom stereocenters. The minimum Gasteiger partial charge on any atom is -0.436 e. The summed E-state index contributed by atoms with van der Waals surface area (Å²) in [6.45, 7) is 13.7. The van der Waals surface area contributed by atoms with Crippen LogP contribution in [0, 0.1) is 0 Å².